The van der Waals surface area contributed by atoms with Crippen LogP contribution in [0.1, 0.15) is 44.3 Å². The highest BCUT2D eigenvalue weighted by atomic mass is 19.2. The zero-order valence-electron chi connectivity index (χ0n) is 13.1. The van der Waals surface area contributed by atoms with Crippen molar-refractivity contribution in [3.8, 4) is 0 Å². The van der Waals surface area contributed by atoms with E-state index in [1.165, 1.54) is 6.07 Å². The van der Waals surface area contributed by atoms with Crippen LogP contribution < -0.4 is 10.6 Å². The minimum absolute atomic E-state index is 0.225. The predicted molar refractivity (Wildman–Crippen MR) is 81.7 cm³/mol. The van der Waals surface area contributed by atoms with Crippen LogP contribution in [0, 0.1) is 23.5 Å². The van der Waals surface area contributed by atoms with E-state index in [4.69, 9.17) is 0 Å². The summed E-state index contributed by atoms with van der Waals surface area (Å²) < 4.78 is 26.2. The van der Waals surface area contributed by atoms with E-state index in [1.54, 1.807) is 6.92 Å². The number of benzene rings is 1. The molecule has 2 aliphatic rings. The van der Waals surface area contributed by atoms with Gasteiger partial charge in [-0.1, -0.05) is 6.07 Å². The summed E-state index contributed by atoms with van der Waals surface area (Å²) in [5.74, 6) is -0.809. The van der Waals surface area contributed by atoms with Crippen LogP contribution in [0.25, 0.3) is 0 Å². The molecular weight excluding hydrogens is 302 g/mol. The maximum absolute atomic E-state index is 13.2. The molecule has 0 aliphatic heterocycles. The van der Waals surface area contributed by atoms with Crippen LogP contribution in [-0.2, 0) is 0 Å². The lowest BCUT2D eigenvalue weighted by molar-refractivity contribution is 0.136. The number of urea groups is 1. The van der Waals surface area contributed by atoms with E-state index < -0.39 is 23.8 Å². The second kappa shape index (κ2) is 6.43. The van der Waals surface area contributed by atoms with Crippen molar-refractivity contribution in [3.05, 3.63) is 35.4 Å². The molecule has 2 aliphatic carbocycles. The molecule has 4 nitrogen and oxygen atoms in total. The Kier molecular flexibility index (Phi) is 4.53. The monoisotopic (exact) mass is 324 g/mol. The van der Waals surface area contributed by atoms with Crippen molar-refractivity contribution < 1.29 is 18.7 Å². The van der Waals surface area contributed by atoms with E-state index in [2.05, 4.69) is 10.6 Å². The third-order valence-corrected chi connectivity index (χ3v) is 4.68. The molecule has 1 aromatic rings. The van der Waals surface area contributed by atoms with Gasteiger partial charge in [-0.3, -0.25) is 0 Å². The fourth-order valence-corrected chi connectivity index (χ4v) is 3.00. The number of carbonyl (C=O) groups is 1. The molecule has 2 amide bonds. The Balaban J connectivity index is 1.55. The third kappa shape index (κ3) is 3.99. The van der Waals surface area contributed by atoms with E-state index in [-0.39, 0.29) is 17.6 Å². The fourth-order valence-electron chi connectivity index (χ4n) is 3.00. The molecule has 6 heteroatoms. The number of amides is 2. The topological polar surface area (TPSA) is 61.4 Å². The van der Waals surface area contributed by atoms with Crippen LogP contribution in [-0.4, -0.2) is 23.2 Å². The Bertz CT molecular complexity index is 576. The SMILES string of the molecule is CC(NC(=O)NC(C1CC1)C1CC1)C(O)c1ccc(F)c(F)c1. The number of aliphatic hydroxyl groups is 1. The van der Waals surface area contributed by atoms with Crippen LogP contribution in [0.15, 0.2) is 18.2 Å². The van der Waals surface area contributed by atoms with E-state index in [9.17, 15) is 18.7 Å². The number of aliphatic hydroxyl groups excluding tert-OH is 1. The molecule has 2 saturated carbocycles. The summed E-state index contributed by atoms with van der Waals surface area (Å²) in [5.41, 5.74) is 0.234. The first kappa shape index (κ1) is 16.2. The highest BCUT2D eigenvalue weighted by Gasteiger charge is 2.42. The Hall–Kier alpha value is -1.69. The number of nitrogens with one attached hydrogen (secondary N) is 2. The molecule has 0 aromatic heterocycles. The molecule has 0 saturated heterocycles. The Morgan fingerprint density at radius 1 is 1.13 bits per heavy atom. The molecule has 126 valence electrons. The molecule has 2 unspecified atom stereocenters. The van der Waals surface area contributed by atoms with Crippen LogP contribution >= 0.6 is 0 Å². The molecule has 0 radical (unpaired) electrons. The molecule has 23 heavy (non-hydrogen) atoms. The normalized spacial score (nSPS) is 20.2. The lowest BCUT2D eigenvalue weighted by Crippen LogP contribution is -2.48. The van der Waals surface area contributed by atoms with E-state index in [0.717, 1.165) is 37.8 Å². The highest BCUT2D eigenvalue weighted by molar-refractivity contribution is 5.74. The van der Waals surface area contributed by atoms with Crippen molar-refractivity contribution in [2.24, 2.45) is 11.8 Å². The van der Waals surface area contributed by atoms with Crippen LogP contribution in [0.2, 0.25) is 0 Å². The molecule has 2 fully saturated rings. The first-order chi connectivity index (χ1) is 11.0. The van der Waals surface area contributed by atoms with Crippen molar-refractivity contribution in [2.45, 2.75) is 50.8 Å². The largest absolute Gasteiger partial charge is 0.386 e. The molecule has 1 aromatic carbocycles. The van der Waals surface area contributed by atoms with Gasteiger partial charge in [0.15, 0.2) is 11.6 Å². The minimum atomic E-state index is -1.10. The second-order valence-electron chi connectivity index (χ2n) is 6.73. The summed E-state index contributed by atoms with van der Waals surface area (Å²) in [6.07, 6.45) is 3.54. The summed E-state index contributed by atoms with van der Waals surface area (Å²) in [6, 6.07) is 2.53. The van der Waals surface area contributed by atoms with Gasteiger partial charge in [0.1, 0.15) is 0 Å². The number of hydrogen-bond acceptors (Lipinski definition) is 2. The lowest BCUT2D eigenvalue weighted by atomic mass is 10.0. The van der Waals surface area contributed by atoms with Gasteiger partial charge in [0, 0.05) is 6.04 Å². The van der Waals surface area contributed by atoms with Gasteiger partial charge >= 0.3 is 6.03 Å². The average molecular weight is 324 g/mol. The van der Waals surface area contributed by atoms with Gasteiger partial charge in [0.2, 0.25) is 0 Å². The number of carbonyl (C=O) groups excluding carboxylic acids is 1. The van der Waals surface area contributed by atoms with E-state index in [1.807, 2.05) is 0 Å². The van der Waals surface area contributed by atoms with Gasteiger partial charge in [0.25, 0.3) is 0 Å². The van der Waals surface area contributed by atoms with Crippen molar-refractivity contribution in [1.82, 2.24) is 10.6 Å². The van der Waals surface area contributed by atoms with Gasteiger partial charge in [0.05, 0.1) is 12.1 Å². The summed E-state index contributed by atoms with van der Waals surface area (Å²) in [5, 5.41) is 15.9. The van der Waals surface area contributed by atoms with Gasteiger partial charge < -0.3 is 15.7 Å². The standard InChI is InChI=1S/C17H22F2N2O2/c1-9(16(22)12-6-7-13(18)14(19)8-12)20-17(23)21-15(10-2-3-10)11-4-5-11/h6-11,15-16,22H,2-5H2,1H3,(H2,20,21,23). The summed E-state index contributed by atoms with van der Waals surface area (Å²) in [6.45, 7) is 1.63. The Morgan fingerprint density at radius 3 is 2.26 bits per heavy atom. The molecule has 0 bridgehead atoms. The first-order valence-electron chi connectivity index (χ1n) is 8.15. The lowest BCUT2D eigenvalue weighted by Gasteiger charge is -2.24. The van der Waals surface area contributed by atoms with Crippen molar-refractivity contribution in [2.75, 3.05) is 0 Å². The van der Waals surface area contributed by atoms with Crippen molar-refractivity contribution in [3.63, 3.8) is 0 Å². The Morgan fingerprint density at radius 2 is 1.74 bits per heavy atom. The van der Waals surface area contributed by atoms with Gasteiger partial charge in [-0.2, -0.15) is 0 Å². The van der Waals surface area contributed by atoms with Crippen molar-refractivity contribution >= 4 is 6.03 Å². The molecule has 3 rings (SSSR count). The molecule has 2 atom stereocenters. The number of halogens is 2. The van der Waals surface area contributed by atoms with E-state index in [0.29, 0.717) is 11.8 Å². The maximum atomic E-state index is 13.2. The minimum Gasteiger partial charge on any atom is -0.386 e. The van der Waals surface area contributed by atoms with Crippen LogP contribution in [0.5, 0.6) is 0 Å². The quantitative estimate of drug-likeness (QED) is 0.753. The zero-order chi connectivity index (χ0) is 16.6. The molecule has 0 heterocycles. The highest BCUT2D eigenvalue weighted by Crippen LogP contribution is 2.44. The first-order valence-corrected chi connectivity index (χ1v) is 8.15. The Labute approximate surface area is 134 Å². The number of hydrogen-bond donors (Lipinski definition) is 3. The average Bonchev–Trinajstić information content (AvgIpc) is 3.39. The zero-order valence-corrected chi connectivity index (χ0v) is 13.1. The molecule has 3 N–H and O–H groups in total. The van der Waals surface area contributed by atoms with Gasteiger partial charge in [-0.15, -0.1) is 0 Å². The second-order valence-corrected chi connectivity index (χ2v) is 6.73. The van der Waals surface area contributed by atoms with E-state index >= 15 is 0 Å². The van der Waals surface area contributed by atoms with Crippen LogP contribution in [0.4, 0.5) is 13.6 Å². The summed E-state index contributed by atoms with van der Waals surface area (Å²) >= 11 is 0. The van der Waals surface area contributed by atoms with Gasteiger partial charge in [-0.05, 0) is 62.1 Å². The predicted octanol–water partition coefficient (Wildman–Crippen LogP) is 2.87. The van der Waals surface area contributed by atoms with Gasteiger partial charge in [-0.25, -0.2) is 13.6 Å². The third-order valence-electron chi connectivity index (χ3n) is 4.68. The maximum Gasteiger partial charge on any atom is 0.315 e. The summed E-state index contributed by atoms with van der Waals surface area (Å²) in [7, 11) is 0. The molecule has 0 spiro atoms. The van der Waals surface area contributed by atoms with Crippen LogP contribution in [0.3, 0.4) is 0 Å². The van der Waals surface area contributed by atoms with Crippen molar-refractivity contribution in [1.29, 1.82) is 0 Å². The molecular formula is C17H22F2N2O2. The fraction of sp³-hybridized carbons (Fsp3) is 0.588. The summed E-state index contributed by atoms with van der Waals surface area (Å²) in [4.78, 5) is 12.1. The number of rotatable bonds is 6. The smallest absolute Gasteiger partial charge is 0.315 e.